The van der Waals surface area contributed by atoms with E-state index < -0.39 is 0 Å². The van der Waals surface area contributed by atoms with Crippen LogP contribution in [0.2, 0.25) is 0 Å². The molecule has 0 aliphatic carbocycles. The van der Waals surface area contributed by atoms with E-state index in [1.807, 2.05) is 24.4 Å². The van der Waals surface area contributed by atoms with Gasteiger partial charge >= 0.3 is 0 Å². The fourth-order valence-corrected chi connectivity index (χ4v) is 3.77. The average molecular weight is 329 g/mol. The first-order valence-electron chi connectivity index (χ1n) is 7.34. The van der Waals surface area contributed by atoms with Crippen molar-refractivity contribution in [1.29, 1.82) is 0 Å². The average Bonchev–Trinajstić information content (AvgIpc) is 2.58. The van der Waals surface area contributed by atoms with E-state index in [-0.39, 0.29) is 6.04 Å². The van der Waals surface area contributed by atoms with E-state index in [0.717, 1.165) is 29.1 Å². The summed E-state index contributed by atoms with van der Waals surface area (Å²) in [5, 5.41) is 0. The van der Waals surface area contributed by atoms with Crippen molar-refractivity contribution in [3.8, 4) is 0 Å². The molecule has 114 valence electrons. The Balaban J connectivity index is 1.70. The zero-order chi connectivity index (χ0) is 15.4. The highest BCUT2D eigenvalue weighted by molar-refractivity contribution is 8.22. The van der Waals surface area contributed by atoms with Gasteiger partial charge in [-0.1, -0.05) is 60.4 Å². The molecule has 1 aromatic heterocycles. The van der Waals surface area contributed by atoms with Gasteiger partial charge in [0, 0.05) is 12.7 Å². The highest BCUT2D eigenvalue weighted by Crippen LogP contribution is 2.29. The monoisotopic (exact) mass is 329 g/mol. The van der Waals surface area contributed by atoms with Crippen molar-refractivity contribution in [3.05, 3.63) is 66.0 Å². The van der Waals surface area contributed by atoms with Gasteiger partial charge in [0.15, 0.2) is 0 Å². The van der Waals surface area contributed by atoms with Crippen molar-refractivity contribution < 1.29 is 0 Å². The first-order chi connectivity index (χ1) is 10.7. The van der Waals surface area contributed by atoms with Crippen LogP contribution in [0.1, 0.15) is 24.2 Å². The molecule has 0 spiro atoms. The van der Waals surface area contributed by atoms with Crippen molar-refractivity contribution in [1.82, 2.24) is 14.8 Å². The molecule has 0 radical (unpaired) electrons. The third-order valence-corrected chi connectivity index (χ3v) is 5.38. The lowest BCUT2D eigenvalue weighted by Gasteiger charge is -2.40. The third-order valence-electron chi connectivity index (χ3n) is 3.82. The highest BCUT2D eigenvalue weighted by atomic mass is 32.2. The summed E-state index contributed by atoms with van der Waals surface area (Å²) in [7, 11) is 0. The highest BCUT2D eigenvalue weighted by Gasteiger charge is 2.26. The molecule has 1 unspecified atom stereocenters. The predicted octanol–water partition coefficient (Wildman–Crippen LogP) is 3.89. The molecule has 5 heteroatoms. The molecule has 1 aromatic carbocycles. The van der Waals surface area contributed by atoms with Gasteiger partial charge in [-0.25, -0.2) is 0 Å². The molecule has 1 aliphatic heterocycles. The quantitative estimate of drug-likeness (QED) is 0.790. The van der Waals surface area contributed by atoms with E-state index in [0.29, 0.717) is 0 Å². The standard InChI is InChI=1S/C17H19N3S2/c1-14(15-7-3-2-4-8-15)20-12-19(13-22-17(20)21)11-16-9-5-6-10-18-16/h2-10,14H,11-13H2,1H3. The third kappa shape index (κ3) is 3.66. The van der Waals surface area contributed by atoms with Gasteiger partial charge in [0.05, 0.1) is 24.3 Å². The molecule has 0 amide bonds. The molecule has 2 aromatic rings. The summed E-state index contributed by atoms with van der Waals surface area (Å²) >= 11 is 7.30. The van der Waals surface area contributed by atoms with Crippen LogP contribution in [0.15, 0.2) is 54.7 Å². The fourth-order valence-electron chi connectivity index (χ4n) is 2.55. The molecule has 1 atom stereocenters. The first kappa shape index (κ1) is 15.5. The molecule has 1 fully saturated rings. The lowest BCUT2D eigenvalue weighted by atomic mass is 10.1. The topological polar surface area (TPSA) is 19.4 Å². The van der Waals surface area contributed by atoms with Gasteiger partial charge in [-0.15, -0.1) is 0 Å². The minimum atomic E-state index is 0.285. The second kappa shape index (κ2) is 7.22. The number of rotatable bonds is 4. The summed E-state index contributed by atoms with van der Waals surface area (Å²) in [6.07, 6.45) is 1.85. The molecule has 1 saturated heterocycles. The van der Waals surface area contributed by atoms with Gasteiger partial charge in [-0.05, 0) is 24.6 Å². The van der Waals surface area contributed by atoms with Gasteiger partial charge in [-0.2, -0.15) is 0 Å². The first-order valence-corrected chi connectivity index (χ1v) is 8.74. The molecule has 22 heavy (non-hydrogen) atoms. The van der Waals surface area contributed by atoms with Gasteiger partial charge < -0.3 is 4.90 Å². The van der Waals surface area contributed by atoms with Crippen LogP contribution in [0.25, 0.3) is 0 Å². The minimum absolute atomic E-state index is 0.285. The summed E-state index contributed by atoms with van der Waals surface area (Å²) in [5.41, 5.74) is 2.40. The number of thiocarbonyl (C=S) groups is 1. The van der Waals surface area contributed by atoms with Crippen molar-refractivity contribution in [3.63, 3.8) is 0 Å². The van der Waals surface area contributed by atoms with E-state index in [4.69, 9.17) is 12.2 Å². The summed E-state index contributed by atoms with van der Waals surface area (Å²) in [6, 6.07) is 16.9. The molecule has 3 nitrogen and oxygen atoms in total. The molecular weight excluding hydrogens is 310 g/mol. The number of thioether (sulfide) groups is 1. The summed E-state index contributed by atoms with van der Waals surface area (Å²) in [5.74, 6) is 0.924. The number of aromatic nitrogens is 1. The van der Waals surface area contributed by atoms with Gasteiger partial charge in [0.1, 0.15) is 4.32 Å². The Bertz CT molecular complexity index is 618. The largest absolute Gasteiger partial charge is 0.338 e. The molecule has 0 N–H and O–H groups in total. The Morgan fingerprint density at radius 1 is 1.18 bits per heavy atom. The van der Waals surface area contributed by atoms with Crippen molar-refractivity contribution in [2.24, 2.45) is 0 Å². The number of hydrogen-bond donors (Lipinski definition) is 0. The van der Waals surface area contributed by atoms with Crippen LogP contribution in [0.4, 0.5) is 0 Å². The Labute approximate surface area is 141 Å². The van der Waals surface area contributed by atoms with E-state index in [2.05, 4.69) is 52.0 Å². The van der Waals surface area contributed by atoms with Crippen LogP contribution < -0.4 is 0 Å². The van der Waals surface area contributed by atoms with Gasteiger partial charge in [-0.3, -0.25) is 9.88 Å². The Morgan fingerprint density at radius 3 is 2.68 bits per heavy atom. The maximum absolute atomic E-state index is 5.57. The summed E-state index contributed by atoms with van der Waals surface area (Å²) < 4.78 is 0.980. The number of benzene rings is 1. The Hall–Kier alpha value is -1.43. The van der Waals surface area contributed by atoms with Crippen LogP contribution in [0.5, 0.6) is 0 Å². The SMILES string of the molecule is CC(c1ccccc1)N1CN(Cc2ccccn2)CSC1=S. The molecule has 1 aliphatic rings. The predicted molar refractivity (Wildman–Crippen MR) is 96.4 cm³/mol. The van der Waals surface area contributed by atoms with Crippen LogP contribution in [0.3, 0.4) is 0 Å². The lowest BCUT2D eigenvalue weighted by Crippen LogP contribution is -2.45. The Kier molecular flexibility index (Phi) is 5.08. The zero-order valence-corrected chi connectivity index (χ0v) is 14.2. The van der Waals surface area contributed by atoms with Crippen molar-refractivity contribution >= 4 is 28.3 Å². The van der Waals surface area contributed by atoms with Crippen molar-refractivity contribution in [2.75, 3.05) is 12.5 Å². The summed E-state index contributed by atoms with van der Waals surface area (Å²) in [6.45, 7) is 3.92. The second-order valence-corrected chi connectivity index (χ2v) is 6.97. The van der Waals surface area contributed by atoms with E-state index in [1.165, 1.54) is 5.56 Å². The van der Waals surface area contributed by atoms with Crippen molar-refractivity contribution in [2.45, 2.75) is 19.5 Å². The van der Waals surface area contributed by atoms with Gasteiger partial charge in [0.25, 0.3) is 0 Å². The zero-order valence-electron chi connectivity index (χ0n) is 12.6. The van der Waals surface area contributed by atoms with Crippen LogP contribution in [-0.4, -0.2) is 31.6 Å². The fraction of sp³-hybridized carbons (Fsp3) is 0.294. The van der Waals surface area contributed by atoms with E-state index in [9.17, 15) is 0 Å². The van der Waals surface area contributed by atoms with Crippen LogP contribution >= 0.6 is 24.0 Å². The molecular formula is C17H19N3S2. The lowest BCUT2D eigenvalue weighted by molar-refractivity contribution is 0.174. The second-order valence-electron chi connectivity index (χ2n) is 5.39. The number of pyridine rings is 1. The molecule has 0 bridgehead atoms. The normalized spacial score (nSPS) is 17.5. The molecule has 2 heterocycles. The van der Waals surface area contributed by atoms with Crippen LogP contribution in [0, 0.1) is 0 Å². The van der Waals surface area contributed by atoms with Crippen LogP contribution in [-0.2, 0) is 6.54 Å². The minimum Gasteiger partial charge on any atom is -0.338 e. The van der Waals surface area contributed by atoms with Gasteiger partial charge in [0.2, 0.25) is 0 Å². The molecule has 3 rings (SSSR count). The smallest absolute Gasteiger partial charge is 0.139 e. The molecule has 0 saturated carbocycles. The number of hydrogen-bond acceptors (Lipinski definition) is 4. The maximum Gasteiger partial charge on any atom is 0.139 e. The maximum atomic E-state index is 5.57. The Morgan fingerprint density at radius 2 is 1.95 bits per heavy atom. The van der Waals surface area contributed by atoms with E-state index in [1.54, 1.807) is 11.8 Å². The van der Waals surface area contributed by atoms with E-state index >= 15 is 0 Å². The summed E-state index contributed by atoms with van der Waals surface area (Å²) in [4.78, 5) is 9.09. The number of nitrogens with zero attached hydrogens (tertiary/aromatic N) is 3.